The number of rotatable bonds is 14. The zero-order chi connectivity index (χ0) is 31.5. The third-order valence-electron chi connectivity index (χ3n) is 7.09. The number of hydrogen-bond donors (Lipinski definition) is 1. The molecule has 4 rings (SSSR count). The van der Waals surface area contributed by atoms with Crippen LogP contribution in [0.5, 0.6) is 5.75 Å². The average molecular weight is 634 g/mol. The molecule has 4 aromatic rings. The maximum Gasteiger partial charge on any atom is 0.264 e. The number of sulfonamides is 1. The molecule has 0 saturated heterocycles. The van der Waals surface area contributed by atoms with Crippen LogP contribution in [0.4, 0.5) is 5.69 Å². The Kier molecular flexibility index (Phi) is 11.4. The van der Waals surface area contributed by atoms with Crippen LogP contribution in [0.2, 0.25) is 5.02 Å². The lowest BCUT2D eigenvalue weighted by Crippen LogP contribution is -2.53. The van der Waals surface area contributed by atoms with E-state index in [1.807, 2.05) is 37.3 Å². The van der Waals surface area contributed by atoms with E-state index in [0.717, 1.165) is 9.87 Å². The smallest absolute Gasteiger partial charge is 0.264 e. The second-order valence-corrected chi connectivity index (χ2v) is 12.4. The summed E-state index contributed by atoms with van der Waals surface area (Å²) in [5.74, 6) is -0.391. The summed E-state index contributed by atoms with van der Waals surface area (Å²) < 4.78 is 34.4. The molecule has 8 nitrogen and oxygen atoms in total. The van der Waals surface area contributed by atoms with Crippen molar-refractivity contribution in [3.8, 4) is 5.75 Å². The number of carbonyl (C=O) groups is 2. The third-order valence-corrected chi connectivity index (χ3v) is 9.25. The van der Waals surface area contributed by atoms with Gasteiger partial charge in [-0.2, -0.15) is 0 Å². The largest absolute Gasteiger partial charge is 0.497 e. The standard InChI is InChI=1S/C34H36ClN3O5S/c1-3-22-36-34(40)32(23-26-12-6-4-7-13-26)37(24-27-14-10-11-17-31(27)35)33(39)25-38(28-15-8-5-9-16-28)44(41,42)30-20-18-29(43-2)19-21-30/h4-21,32H,3,22-25H2,1-2H3,(H,36,40). The number of methoxy groups -OCH3 is 1. The molecule has 0 spiro atoms. The summed E-state index contributed by atoms with van der Waals surface area (Å²) in [6.45, 7) is 1.83. The van der Waals surface area contributed by atoms with Crippen LogP contribution in [0.15, 0.2) is 114 Å². The van der Waals surface area contributed by atoms with E-state index in [0.29, 0.717) is 35.0 Å². The Morgan fingerprint density at radius 3 is 2.09 bits per heavy atom. The van der Waals surface area contributed by atoms with E-state index >= 15 is 0 Å². The highest BCUT2D eigenvalue weighted by Gasteiger charge is 2.34. The van der Waals surface area contributed by atoms with Crippen LogP contribution in [0.25, 0.3) is 0 Å². The molecule has 0 saturated carbocycles. The highest BCUT2D eigenvalue weighted by atomic mass is 35.5. The number of benzene rings is 4. The van der Waals surface area contributed by atoms with E-state index in [1.54, 1.807) is 66.7 Å². The molecule has 1 unspecified atom stereocenters. The molecule has 0 aromatic heterocycles. The third kappa shape index (κ3) is 8.18. The van der Waals surface area contributed by atoms with Crippen molar-refractivity contribution in [3.05, 3.63) is 125 Å². The molecule has 0 heterocycles. The first kappa shape index (κ1) is 32.6. The van der Waals surface area contributed by atoms with Gasteiger partial charge in [0.2, 0.25) is 11.8 Å². The summed E-state index contributed by atoms with van der Waals surface area (Å²) in [5.41, 5.74) is 1.80. The van der Waals surface area contributed by atoms with Crippen molar-refractivity contribution in [2.24, 2.45) is 0 Å². The molecule has 1 N–H and O–H groups in total. The van der Waals surface area contributed by atoms with Gasteiger partial charge in [-0.15, -0.1) is 0 Å². The quantitative estimate of drug-likeness (QED) is 0.192. The fraction of sp³-hybridized carbons (Fsp3) is 0.235. The highest BCUT2D eigenvalue weighted by Crippen LogP contribution is 2.27. The minimum atomic E-state index is -4.20. The molecule has 0 aliphatic rings. The summed E-state index contributed by atoms with van der Waals surface area (Å²) in [6, 6.07) is 30.0. The summed E-state index contributed by atoms with van der Waals surface area (Å²) in [4.78, 5) is 29.5. The Hall–Kier alpha value is -4.34. The lowest BCUT2D eigenvalue weighted by molar-refractivity contribution is -0.140. The first-order chi connectivity index (χ1) is 21.2. The molecule has 44 heavy (non-hydrogen) atoms. The molecule has 0 aliphatic heterocycles. The Bertz CT molecular complexity index is 1630. The lowest BCUT2D eigenvalue weighted by Gasteiger charge is -2.34. The van der Waals surface area contributed by atoms with Crippen molar-refractivity contribution in [2.75, 3.05) is 24.5 Å². The van der Waals surface area contributed by atoms with Gasteiger partial charge in [0.25, 0.3) is 10.0 Å². The van der Waals surface area contributed by atoms with Gasteiger partial charge in [0, 0.05) is 24.5 Å². The van der Waals surface area contributed by atoms with Crippen molar-refractivity contribution in [1.29, 1.82) is 0 Å². The van der Waals surface area contributed by atoms with Crippen molar-refractivity contribution in [3.63, 3.8) is 0 Å². The Balaban J connectivity index is 1.78. The minimum absolute atomic E-state index is 0.000759. The zero-order valence-electron chi connectivity index (χ0n) is 24.7. The molecule has 0 bridgehead atoms. The van der Waals surface area contributed by atoms with Crippen molar-refractivity contribution in [2.45, 2.75) is 37.2 Å². The number of nitrogens with one attached hydrogen (secondary N) is 1. The fourth-order valence-electron chi connectivity index (χ4n) is 4.73. The van der Waals surface area contributed by atoms with E-state index in [4.69, 9.17) is 16.3 Å². The van der Waals surface area contributed by atoms with Gasteiger partial charge in [0.15, 0.2) is 0 Å². The number of nitrogens with zero attached hydrogens (tertiary/aromatic N) is 2. The van der Waals surface area contributed by atoms with Crippen LogP contribution < -0.4 is 14.4 Å². The predicted octanol–water partition coefficient (Wildman–Crippen LogP) is 5.71. The summed E-state index contributed by atoms with van der Waals surface area (Å²) in [7, 11) is -2.71. The van der Waals surface area contributed by atoms with Crippen LogP contribution in [-0.4, -0.2) is 51.4 Å². The number of carbonyl (C=O) groups excluding carboxylic acids is 2. The Labute approximate surface area is 264 Å². The molecular formula is C34H36ClN3O5S. The summed E-state index contributed by atoms with van der Waals surface area (Å²) in [5, 5.41) is 3.36. The fourth-order valence-corrected chi connectivity index (χ4v) is 6.34. The lowest BCUT2D eigenvalue weighted by atomic mass is 10.0. The first-order valence-corrected chi connectivity index (χ1v) is 16.1. The van der Waals surface area contributed by atoms with E-state index < -0.39 is 28.5 Å². The number of hydrogen-bond acceptors (Lipinski definition) is 5. The molecule has 2 amide bonds. The van der Waals surface area contributed by atoms with E-state index in [2.05, 4.69) is 5.32 Å². The molecule has 0 aliphatic carbocycles. The van der Waals surface area contributed by atoms with Crippen LogP contribution in [0.1, 0.15) is 24.5 Å². The maximum atomic E-state index is 14.4. The van der Waals surface area contributed by atoms with Gasteiger partial charge in [-0.05, 0) is 60.0 Å². The number of para-hydroxylation sites is 1. The van der Waals surface area contributed by atoms with Crippen LogP contribution in [0.3, 0.4) is 0 Å². The molecule has 1 atom stereocenters. The second-order valence-electron chi connectivity index (χ2n) is 10.1. The van der Waals surface area contributed by atoms with Crippen molar-refractivity contribution >= 4 is 39.1 Å². The van der Waals surface area contributed by atoms with Crippen molar-refractivity contribution in [1.82, 2.24) is 10.2 Å². The Morgan fingerprint density at radius 2 is 1.48 bits per heavy atom. The molecule has 4 aromatic carbocycles. The number of anilines is 1. The molecule has 10 heteroatoms. The first-order valence-electron chi connectivity index (χ1n) is 14.3. The predicted molar refractivity (Wildman–Crippen MR) is 173 cm³/mol. The maximum absolute atomic E-state index is 14.4. The van der Waals surface area contributed by atoms with Gasteiger partial charge in [0.05, 0.1) is 17.7 Å². The van der Waals surface area contributed by atoms with Gasteiger partial charge in [-0.1, -0.05) is 85.3 Å². The zero-order valence-corrected chi connectivity index (χ0v) is 26.3. The SMILES string of the molecule is CCCNC(=O)C(Cc1ccccc1)N(Cc1ccccc1Cl)C(=O)CN(c1ccccc1)S(=O)(=O)c1ccc(OC)cc1. The van der Waals surface area contributed by atoms with Gasteiger partial charge in [-0.25, -0.2) is 8.42 Å². The summed E-state index contributed by atoms with van der Waals surface area (Å²) in [6.07, 6.45) is 0.938. The van der Waals surface area contributed by atoms with Gasteiger partial charge in [-0.3, -0.25) is 13.9 Å². The van der Waals surface area contributed by atoms with E-state index in [1.165, 1.54) is 24.1 Å². The topological polar surface area (TPSA) is 96.0 Å². The summed E-state index contributed by atoms with van der Waals surface area (Å²) >= 11 is 6.52. The van der Waals surface area contributed by atoms with E-state index in [9.17, 15) is 18.0 Å². The molecule has 0 radical (unpaired) electrons. The van der Waals surface area contributed by atoms with Gasteiger partial charge < -0.3 is 15.0 Å². The molecular weight excluding hydrogens is 598 g/mol. The highest BCUT2D eigenvalue weighted by molar-refractivity contribution is 7.92. The Morgan fingerprint density at radius 1 is 0.864 bits per heavy atom. The van der Waals surface area contributed by atoms with Gasteiger partial charge >= 0.3 is 0 Å². The van der Waals surface area contributed by atoms with E-state index in [-0.39, 0.29) is 23.8 Å². The average Bonchev–Trinajstić information content (AvgIpc) is 3.05. The number of amides is 2. The van der Waals surface area contributed by atoms with Crippen molar-refractivity contribution < 1.29 is 22.7 Å². The normalized spacial score (nSPS) is 11.8. The van der Waals surface area contributed by atoms with Gasteiger partial charge in [0.1, 0.15) is 18.3 Å². The van der Waals surface area contributed by atoms with Crippen LogP contribution >= 0.6 is 11.6 Å². The monoisotopic (exact) mass is 633 g/mol. The number of ether oxygens (including phenoxy) is 1. The van der Waals surface area contributed by atoms with Crippen LogP contribution in [0, 0.1) is 0 Å². The second kappa shape index (κ2) is 15.4. The minimum Gasteiger partial charge on any atom is -0.497 e. The molecule has 0 fully saturated rings. The van der Waals surface area contributed by atoms with Crippen LogP contribution in [-0.2, 0) is 32.6 Å². The number of halogens is 1. The molecule has 230 valence electrons.